The Hall–Kier alpha value is -2.46. The summed E-state index contributed by atoms with van der Waals surface area (Å²) in [7, 11) is 1.72. The summed E-state index contributed by atoms with van der Waals surface area (Å²) >= 11 is 0. The molecule has 2 heterocycles. The summed E-state index contributed by atoms with van der Waals surface area (Å²) in [5.74, 6) is 1.86. The third-order valence-electron chi connectivity index (χ3n) is 5.28. The standard InChI is InChI=1S/C22H26N2O2/c1-4-14-12-16(26-5-2)6-8-17(14)21-22-18(10-11-23-21)19-13-15(25-3)7-9-20(19)24-22/h6-9,12-13,21,23-24H,4-5,10-11H2,1-3H3. The highest BCUT2D eigenvalue weighted by molar-refractivity contribution is 5.86. The summed E-state index contributed by atoms with van der Waals surface area (Å²) in [5.41, 5.74) is 6.51. The van der Waals surface area contributed by atoms with Crippen molar-refractivity contribution in [2.24, 2.45) is 0 Å². The Kier molecular flexibility index (Phi) is 4.60. The van der Waals surface area contributed by atoms with E-state index in [1.807, 2.05) is 13.0 Å². The highest BCUT2D eigenvalue weighted by Gasteiger charge is 2.27. The minimum absolute atomic E-state index is 0.183. The fraction of sp³-hybridized carbons (Fsp3) is 0.364. The van der Waals surface area contributed by atoms with Crippen LogP contribution in [0.3, 0.4) is 0 Å². The van der Waals surface area contributed by atoms with Gasteiger partial charge in [0.05, 0.1) is 19.8 Å². The number of H-pyrrole nitrogens is 1. The van der Waals surface area contributed by atoms with Crippen LogP contribution in [0.15, 0.2) is 36.4 Å². The first-order chi connectivity index (χ1) is 12.7. The van der Waals surface area contributed by atoms with Gasteiger partial charge in [0.1, 0.15) is 11.5 Å². The van der Waals surface area contributed by atoms with E-state index in [0.29, 0.717) is 6.61 Å². The molecular formula is C22H26N2O2. The van der Waals surface area contributed by atoms with Crippen LogP contribution in [0, 0.1) is 0 Å². The molecule has 1 aromatic heterocycles. The topological polar surface area (TPSA) is 46.3 Å². The van der Waals surface area contributed by atoms with Gasteiger partial charge in [0.15, 0.2) is 0 Å². The highest BCUT2D eigenvalue weighted by Crippen LogP contribution is 2.36. The molecule has 2 aromatic carbocycles. The van der Waals surface area contributed by atoms with Crippen LogP contribution < -0.4 is 14.8 Å². The van der Waals surface area contributed by atoms with E-state index in [9.17, 15) is 0 Å². The van der Waals surface area contributed by atoms with E-state index in [-0.39, 0.29) is 6.04 Å². The maximum absolute atomic E-state index is 5.69. The molecule has 0 amide bonds. The molecule has 4 heteroatoms. The number of hydrogen-bond acceptors (Lipinski definition) is 3. The Morgan fingerprint density at radius 3 is 2.69 bits per heavy atom. The fourth-order valence-corrected chi connectivity index (χ4v) is 4.03. The number of benzene rings is 2. The number of hydrogen-bond donors (Lipinski definition) is 2. The molecule has 0 fully saturated rings. The van der Waals surface area contributed by atoms with Crippen molar-refractivity contribution < 1.29 is 9.47 Å². The van der Waals surface area contributed by atoms with E-state index in [0.717, 1.165) is 30.9 Å². The Labute approximate surface area is 154 Å². The SMILES string of the molecule is CCOc1ccc(C2NCCc3c2[nH]c2ccc(OC)cc32)c(CC)c1. The quantitative estimate of drug-likeness (QED) is 0.718. The molecule has 0 saturated carbocycles. The smallest absolute Gasteiger partial charge is 0.119 e. The van der Waals surface area contributed by atoms with Crippen LogP contribution >= 0.6 is 0 Å². The summed E-state index contributed by atoms with van der Waals surface area (Å²) in [5, 5.41) is 4.98. The van der Waals surface area contributed by atoms with E-state index in [4.69, 9.17) is 9.47 Å². The number of rotatable bonds is 5. The monoisotopic (exact) mass is 350 g/mol. The molecule has 1 aliphatic heterocycles. The van der Waals surface area contributed by atoms with Gasteiger partial charge in [0.2, 0.25) is 0 Å². The van der Waals surface area contributed by atoms with E-state index in [1.54, 1.807) is 7.11 Å². The molecule has 1 unspecified atom stereocenters. The minimum Gasteiger partial charge on any atom is -0.497 e. The summed E-state index contributed by atoms with van der Waals surface area (Å²) in [6, 6.07) is 12.9. The lowest BCUT2D eigenvalue weighted by atomic mass is 9.90. The zero-order valence-electron chi connectivity index (χ0n) is 15.7. The van der Waals surface area contributed by atoms with Crippen LogP contribution in [0.25, 0.3) is 10.9 Å². The Balaban J connectivity index is 1.81. The molecule has 0 bridgehead atoms. The maximum Gasteiger partial charge on any atom is 0.119 e. The fourth-order valence-electron chi connectivity index (χ4n) is 4.03. The highest BCUT2D eigenvalue weighted by atomic mass is 16.5. The Morgan fingerprint density at radius 1 is 1.08 bits per heavy atom. The van der Waals surface area contributed by atoms with Gasteiger partial charge in [-0.2, -0.15) is 0 Å². The second-order valence-corrected chi connectivity index (χ2v) is 6.71. The lowest BCUT2D eigenvalue weighted by Crippen LogP contribution is -2.31. The molecule has 3 aromatic rings. The number of aryl methyl sites for hydroxylation is 1. The molecule has 4 rings (SSSR count). The molecule has 1 atom stereocenters. The third-order valence-corrected chi connectivity index (χ3v) is 5.28. The van der Waals surface area contributed by atoms with Gasteiger partial charge in [0, 0.05) is 23.1 Å². The van der Waals surface area contributed by atoms with Crippen LogP contribution in [0.5, 0.6) is 11.5 Å². The Bertz CT molecular complexity index is 929. The van der Waals surface area contributed by atoms with Crippen molar-refractivity contribution in [3.8, 4) is 11.5 Å². The van der Waals surface area contributed by atoms with Crippen LogP contribution in [0.1, 0.15) is 42.3 Å². The van der Waals surface area contributed by atoms with Crippen molar-refractivity contribution in [1.82, 2.24) is 10.3 Å². The van der Waals surface area contributed by atoms with E-state index < -0.39 is 0 Å². The number of aromatic nitrogens is 1. The van der Waals surface area contributed by atoms with Gasteiger partial charge in [-0.15, -0.1) is 0 Å². The second kappa shape index (κ2) is 7.04. The number of ether oxygens (including phenoxy) is 2. The number of nitrogens with one attached hydrogen (secondary N) is 2. The Morgan fingerprint density at radius 2 is 1.92 bits per heavy atom. The summed E-state index contributed by atoms with van der Waals surface area (Å²) in [6.45, 7) is 5.89. The van der Waals surface area contributed by atoms with Crippen molar-refractivity contribution in [3.05, 3.63) is 58.8 Å². The predicted molar refractivity (Wildman–Crippen MR) is 105 cm³/mol. The van der Waals surface area contributed by atoms with E-state index in [1.165, 1.54) is 33.3 Å². The van der Waals surface area contributed by atoms with Gasteiger partial charge in [-0.25, -0.2) is 0 Å². The zero-order valence-corrected chi connectivity index (χ0v) is 15.7. The first-order valence-electron chi connectivity index (χ1n) is 9.42. The van der Waals surface area contributed by atoms with Gasteiger partial charge in [-0.1, -0.05) is 13.0 Å². The minimum atomic E-state index is 0.183. The first kappa shape index (κ1) is 17.0. The number of aromatic amines is 1. The first-order valence-corrected chi connectivity index (χ1v) is 9.42. The van der Waals surface area contributed by atoms with Crippen molar-refractivity contribution >= 4 is 10.9 Å². The van der Waals surface area contributed by atoms with Crippen molar-refractivity contribution in [1.29, 1.82) is 0 Å². The molecule has 1 aliphatic rings. The van der Waals surface area contributed by atoms with Crippen LogP contribution in [0.4, 0.5) is 0 Å². The number of methoxy groups -OCH3 is 1. The van der Waals surface area contributed by atoms with Crippen LogP contribution in [-0.2, 0) is 12.8 Å². The predicted octanol–water partition coefficient (Wildman–Crippen LogP) is 4.37. The van der Waals surface area contributed by atoms with Gasteiger partial charge in [-0.3, -0.25) is 0 Å². The van der Waals surface area contributed by atoms with Gasteiger partial charge < -0.3 is 19.8 Å². The van der Waals surface area contributed by atoms with E-state index >= 15 is 0 Å². The second-order valence-electron chi connectivity index (χ2n) is 6.71. The molecular weight excluding hydrogens is 324 g/mol. The largest absolute Gasteiger partial charge is 0.497 e. The van der Waals surface area contributed by atoms with Crippen molar-refractivity contribution in [3.63, 3.8) is 0 Å². The third kappa shape index (κ3) is 2.84. The van der Waals surface area contributed by atoms with Gasteiger partial charge >= 0.3 is 0 Å². The summed E-state index contributed by atoms with van der Waals surface area (Å²) < 4.78 is 11.1. The van der Waals surface area contributed by atoms with Gasteiger partial charge in [-0.05, 0) is 66.8 Å². The normalized spacial score (nSPS) is 16.5. The molecule has 0 aliphatic carbocycles. The van der Waals surface area contributed by atoms with E-state index in [2.05, 4.69) is 47.6 Å². The van der Waals surface area contributed by atoms with Crippen molar-refractivity contribution in [2.45, 2.75) is 32.7 Å². The molecule has 136 valence electrons. The zero-order chi connectivity index (χ0) is 18.1. The summed E-state index contributed by atoms with van der Waals surface area (Å²) in [4.78, 5) is 3.66. The summed E-state index contributed by atoms with van der Waals surface area (Å²) in [6.07, 6.45) is 2.01. The average molecular weight is 350 g/mol. The molecule has 4 nitrogen and oxygen atoms in total. The van der Waals surface area contributed by atoms with Crippen molar-refractivity contribution in [2.75, 3.05) is 20.3 Å². The lowest BCUT2D eigenvalue weighted by molar-refractivity contribution is 0.339. The van der Waals surface area contributed by atoms with Crippen LogP contribution in [-0.4, -0.2) is 25.2 Å². The number of fused-ring (bicyclic) bond motifs is 3. The molecule has 0 radical (unpaired) electrons. The van der Waals surface area contributed by atoms with Crippen LogP contribution in [0.2, 0.25) is 0 Å². The average Bonchev–Trinajstić information content (AvgIpc) is 3.06. The lowest BCUT2D eigenvalue weighted by Gasteiger charge is -2.27. The molecule has 2 N–H and O–H groups in total. The molecule has 26 heavy (non-hydrogen) atoms. The van der Waals surface area contributed by atoms with Gasteiger partial charge in [0.25, 0.3) is 0 Å². The molecule has 0 saturated heterocycles. The maximum atomic E-state index is 5.69. The molecule has 0 spiro atoms.